The SMILES string of the molecule is Cc1cccc(COC(=O)CNC(C)C)c1. The lowest BCUT2D eigenvalue weighted by molar-refractivity contribution is -0.143. The molecule has 0 heterocycles. The Morgan fingerprint density at radius 2 is 2.19 bits per heavy atom. The zero-order valence-corrected chi connectivity index (χ0v) is 10.1. The highest BCUT2D eigenvalue weighted by molar-refractivity contribution is 5.71. The molecule has 1 aromatic rings. The molecule has 88 valence electrons. The molecule has 1 rings (SSSR count). The highest BCUT2D eigenvalue weighted by Crippen LogP contribution is 2.05. The quantitative estimate of drug-likeness (QED) is 0.773. The van der Waals surface area contributed by atoms with Gasteiger partial charge in [-0.05, 0) is 12.5 Å². The Morgan fingerprint density at radius 1 is 1.44 bits per heavy atom. The summed E-state index contributed by atoms with van der Waals surface area (Å²) in [4.78, 5) is 11.3. The van der Waals surface area contributed by atoms with Gasteiger partial charge in [0.1, 0.15) is 6.61 Å². The van der Waals surface area contributed by atoms with Crippen LogP contribution in [0.5, 0.6) is 0 Å². The minimum atomic E-state index is -0.213. The van der Waals surface area contributed by atoms with Crippen LogP contribution in [0.3, 0.4) is 0 Å². The summed E-state index contributed by atoms with van der Waals surface area (Å²) in [5.74, 6) is -0.213. The lowest BCUT2D eigenvalue weighted by Gasteiger charge is -2.08. The van der Waals surface area contributed by atoms with Gasteiger partial charge in [0, 0.05) is 6.04 Å². The van der Waals surface area contributed by atoms with Crippen molar-refractivity contribution in [3.63, 3.8) is 0 Å². The fourth-order valence-corrected chi connectivity index (χ4v) is 1.30. The molecule has 0 aliphatic rings. The summed E-state index contributed by atoms with van der Waals surface area (Å²) in [5, 5.41) is 3.02. The fourth-order valence-electron chi connectivity index (χ4n) is 1.30. The molecule has 0 aliphatic carbocycles. The number of hydrogen-bond acceptors (Lipinski definition) is 3. The summed E-state index contributed by atoms with van der Waals surface area (Å²) < 4.78 is 5.13. The smallest absolute Gasteiger partial charge is 0.320 e. The molecule has 1 aromatic carbocycles. The number of esters is 1. The minimum absolute atomic E-state index is 0.213. The first-order valence-electron chi connectivity index (χ1n) is 5.52. The Balaban J connectivity index is 2.31. The van der Waals surface area contributed by atoms with Crippen molar-refractivity contribution >= 4 is 5.97 Å². The monoisotopic (exact) mass is 221 g/mol. The molecule has 0 aromatic heterocycles. The first-order chi connectivity index (χ1) is 7.58. The van der Waals surface area contributed by atoms with Gasteiger partial charge in [0.05, 0.1) is 6.54 Å². The van der Waals surface area contributed by atoms with E-state index in [1.807, 2.05) is 45.0 Å². The van der Waals surface area contributed by atoms with E-state index in [0.29, 0.717) is 12.6 Å². The number of carbonyl (C=O) groups excluding carboxylic acids is 1. The molecular formula is C13H19NO2. The number of carbonyl (C=O) groups is 1. The molecule has 0 unspecified atom stereocenters. The van der Waals surface area contributed by atoms with E-state index in [1.54, 1.807) is 0 Å². The maximum atomic E-state index is 11.3. The highest BCUT2D eigenvalue weighted by Gasteiger charge is 2.03. The van der Waals surface area contributed by atoms with E-state index < -0.39 is 0 Å². The van der Waals surface area contributed by atoms with E-state index >= 15 is 0 Å². The van der Waals surface area contributed by atoms with Crippen molar-refractivity contribution in [1.29, 1.82) is 0 Å². The Kier molecular flexibility index (Phi) is 4.99. The molecule has 0 saturated carbocycles. The van der Waals surface area contributed by atoms with Crippen molar-refractivity contribution in [1.82, 2.24) is 5.32 Å². The molecule has 0 saturated heterocycles. The normalized spacial score (nSPS) is 10.5. The van der Waals surface area contributed by atoms with Crippen LogP contribution in [0, 0.1) is 6.92 Å². The third-order valence-electron chi connectivity index (χ3n) is 2.14. The molecular weight excluding hydrogens is 202 g/mol. The van der Waals surface area contributed by atoms with Gasteiger partial charge in [0.2, 0.25) is 0 Å². The molecule has 0 fully saturated rings. The second-order valence-electron chi connectivity index (χ2n) is 4.19. The molecule has 0 aliphatic heterocycles. The first-order valence-corrected chi connectivity index (χ1v) is 5.52. The van der Waals surface area contributed by atoms with Gasteiger partial charge < -0.3 is 10.1 Å². The summed E-state index contributed by atoms with van der Waals surface area (Å²) in [6.45, 7) is 6.62. The third-order valence-corrected chi connectivity index (χ3v) is 2.14. The minimum Gasteiger partial charge on any atom is -0.460 e. The molecule has 0 spiro atoms. The van der Waals surface area contributed by atoms with E-state index in [1.165, 1.54) is 5.56 Å². The Bertz CT molecular complexity index is 348. The third kappa shape index (κ3) is 4.94. The van der Waals surface area contributed by atoms with E-state index in [0.717, 1.165) is 5.56 Å². The topological polar surface area (TPSA) is 38.3 Å². The number of hydrogen-bond donors (Lipinski definition) is 1. The Labute approximate surface area is 96.8 Å². The lowest BCUT2D eigenvalue weighted by Crippen LogP contribution is -2.30. The Morgan fingerprint density at radius 3 is 2.81 bits per heavy atom. The van der Waals surface area contributed by atoms with Crippen molar-refractivity contribution in [2.24, 2.45) is 0 Å². The van der Waals surface area contributed by atoms with E-state index in [4.69, 9.17) is 4.74 Å². The molecule has 3 heteroatoms. The van der Waals surface area contributed by atoms with Gasteiger partial charge in [0.15, 0.2) is 0 Å². The van der Waals surface area contributed by atoms with Crippen LogP contribution in [-0.4, -0.2) is 18.6 Å². The summed E-state index contributed by atoms with van der Waals surface area (Å²) >= 11 is 0. The molecule has 0 atom stereocenters. The van der Waals surface area contributed by atoms with Gasteiger partial charge in [-0.25, -0.2) is 0 Å². The number of aryl methyl sites for hydroxylation is 1. The standard InChI is InChI=1S/C13H19NO2/c1-10(2)14-8-13(15)16-9-12-6-4-5-11(3)7-12/h4-7,10,14H,8-9H2,1-3H3. The zero-order valence-electron chi connectivity index (χ0n) is 10.1. The first kappa shape index (κ1) is 12.7. The summed E-state index contributed by atoms with van der Waals surface area (Å²) in [5.41, 5.74) is 2.20. The van der Waals surface area contributed by atoms with Gasteiger partial charge in [-0.1, -0.05) is 43.7 Å². The van der Waals surface area contributed by atoms with Crippen LogP contribution >= 0.6 is 0 Å². The van der Waals surface area contributed by atoms with Crippen LogP contribution in [0.1, 0.15) is 25.0 Å². The molecule has 0 bridgehead atoms. The number of ether oxygens (including phenoxy) is 1. The summed E-state index contributed by atoms with van der Waals surface area (Å²) in [7, 11) is 0. The predicted octanol–water partition coefficient (Wildman–Crippen LogP) is 2.04. The number of rotatable bonds is 5. The molecule has 0 amide bonds. The zero-order chi connectivity index (χ0) is 12.0. The van der Waals surface area contributed by atoms with Crippen LogP contribution in [0.2, 0.25) is 0 Å². The second kappa shape index (κ2) is 6.28. The van der Waals surface area contributed by atoms with Crippen LogP contribution in [-0.2, 0) is 16.1 Å². The molecule has 0 radical (unpaired) electrons. The summed E-state index contributed by atoms with van der Waals surface area (Å²) in [6.07, 6.45) is 0. The highest BCUT2D eigenvalue weighted by atomic mass is 16.5. The van der Waals surface area contributed by atoms with Crippen LogP contribution in [0.25, 0.3) is 0 Å². The average molecular weight is 221 g/mol. The van der Waals surface area contributed by atoms with Gasteiger partial charge in [-0.15, -0.1) is 0 Å². The predicted molar refractivity (Wildman–Crippen MR) is 64.1 cm³/mol. The molecule has 16 heavy (non-hydrogen) atoms. The van der Waals surface area contributed by atoms with E-state index in [-0.39, 0.29) is 12.5 Å². The van der Waals surface area contributed by atoms with Crippen molar-refractivity contribution in [2.75, 3.05) is 6.54 Å². The lowest BCUT2D eigenvalue weighted by atomic mass is 10.1. The van der Waals surface area contributed by atoms with E-state index in [2.05, 4.69) is 5.32 Å². The van der Waals surface area contributed by atoms with Crippen molar-refractivity contribution in [3.8, 4) is 0 Å². The maximum Gasteiger partial charge on any atom is 0.320 e. The van der Waals surface area contributed by atoms with Gasteiger partial charge in [-0.3, -0.25) is 4.79 Å². The maximum absolute atomic E-state index is 11.3. The summed E-state index contributed by atoms with van der Waals surface area (Å²) in [6, 6.07) is 8.25. The van der Waals surface area contributed by atoms with Crippen LogP contribution in [0.15, 0.2) is 24.3 Å². The van der Waals surface area contributed by atoms with Gasteiger partial charge in [-0.2, -0.15) is 0 Å². The van der Waals surface area contributed by atoms with Crippen molar-refractivity contribution in [2.45, 2.75) is 33.4 Å². The largest absolute Gasteiger partial charge is 0.460 e. The van der Waals surface area contributed by atoms with Crippen molar-refractivity contribution < 1.29 is 9.53 Å². The Hall–Kier alpha value is -1.35. The van der Waals surface area contributed by atoms with E-state index in [9.17, 15) is 4.79 Å². The van der Waals surface area contributed by atoms with Crippen LogP contribution in [0.4, 0.5) is 0 Å². The number of nitrogens with one attached hydrogen (secondary N) is 1. The second-order valence-corrected chi connectivity index (χ2v) is 4.19. The molecule has 3 nitrogen and oxygen atoms in total. The fraction of sp³-hybridized carbons (Fsp3) is 0.462. The van der Waals surface area contributed by atoms with Gasteiger partial charge >= 0.3 is 5.97 Å². The number of benzene rings is 1. The van der Waals surface area contributed by atoms with Crippen LogP contribution < -0.4 is 5.32 Å². The average Bonchev–Trinajstić information content (AvgIpc) is 2.23. The van der Waals surface area contributed by atoms with Gasteiger partial charge in [0.25, 0.3) is 0 Å². The van der Waals surface area contributed by atoms with Crippen molar-refractivity contribution in [3.05, 3.63) is 35.4 Å². The molecule has 1 N–H and O–H groups in total.